The van der Waals surface area contributed by atoms with Crippen LogP contribution in [0, 0.1) is 13.8 Å². The highest BCUT2D eigenvalue weighted by atomic mass is 16.5. The summed E-state index contributed by atoms with van der Waals surface area (Å²) in [7, 11) is 1.61. The molecule has 0 unspecified atom stereocenters. The number of anilines is 1. The Balaban J connectivity index is 2.32. The first-order valence-electron chi connectivity index (χ1n) is 10.9. The van der Waals surface area contributed by atoms with Crippen molar-refractivity contribution in [1.82, 2.24) is 14.6 Å². The van der Waals surface area contributed by atoms with E-state index >= 15 is 0 Å². The van der Waals surface area contributed by atoms with E-state index in [9.17, 15) is 4.79 Å². The molecule has 0 amide bonds. The maximum absolute atomic E-state index is 13.0. The zero-order chi connectivity index (χ0) is 22.9. The molecule has 0 bridgehead atoms. The Kier molecular flexibility index (Phi) is 6.51. The van der Waals surface area contributed by atoms with Gasteiger partial charge in [0.05, 0.1) is 18.0 Å². The lowest BCUT2D eigenvalue weighted by atomic mass is 9.90. The van der Waals surface area contributed by atoms with Gasteiger partial charge in [-0.3, -0.25) is 4.79 Å². The SMILES string of the molecule is CCN(CC)c1ccc(/C=c2/c(C(C)(C)C)nn3c(=O)c(C)c(COC)nc23)c(C)c1. The Morgan fingerprint density at radius 1 is 1.16 bits per heavy atom. The van der Waals surface area contributed by atoms with Gasteiger partial charge in [0.25, 0.3) is 5.56 Å². The van der Waals surface area contributed by atoms with Gasteiger partial charge in [0.15, 0.2) is 5.65 Å². The number of fused-ring (bicyclic) bond motifs is 1. The number of hydrogen-bond donors (Lipinski definition) is 0. The second-order valence-corrected chi connectivity index (χ2v) is 9.03. The lowest BCUT2D eigenvalue weighted by molar-refractivity contribution is 0.181. The van der Waals surface area contributed by atoms with E-state index in [1.165, 1.54) is 15.8 Å². The summed E-state index contributed by atoms with van der Waals surface area (Å²) in [6, 6.07) is 6.51. The molecule has 0 N–H and O–H groups in total. The highest BCUT2D eigenvalue weighted by Crippen LogP contribution is 2.22. The molecule has 0 aliphatic rings. The molecule has 1 aromatic carbocycles. The minimum Gasteiger partial charge on any atom is -0.378 e. The molecule has 0 fully saturated rings. The Labute approximate surface area is 184 Å². The summed E-state index contributed by atoms with van der Waals surface area (Å²) in [5, 5.41) is 5.59. The minimum absolute atomic E-state index is 0.143. The van der Waals surface area contributed by atoms with Crippen LogP contribution in [0.25, 0.3) is 11.7 Å². The first kappa shape index (κ1) is 22.9. The predicted octanol–water partition coefficient (Wildman–Crippen LogP) is 3.54. The second kappa shape index (κ2) is 8.79. The second-order valence-electron chi connectivity index (χ2n) is 9.03. The smallest absolute Gasteiger partial charge is 0.277 e. The van der Waals surface area contributed by atoms with Gasteiger partial charge >= 0.3 is 0 Å². The van der Waals surface area contributed by atoms with Crippen molar-refractivity contribution < 1.29 is 4.74 Å². The topological polar surface area (TPSA) is 59.7 Å². The van der Waals surface area contributed by atoms with E-state index in [0.29, 0.717) is 23.5 Å². The van der Waals surface area contributed by atoms with Gasteiger partial charge in [-0.2, -0.15) is 9.61 Å². The van der Waals surface area contributed by atoms with Gasteiger partial charge in [0.2, 0.25) is 0 Å². The van der Waals surface area contributed by atoms with E-state index in [-0.39, 0.29) is 11.0 Å². The highest BCUT2D eigenvalue weighted by Gasteiger charge is 2.23. The number of nitrogens with zero attached hydrogens (tertiary/aromatic N) is 4. The standard InChI is InChI=1S/C25H34N4O2/c1-9-28(10-2)19-12-11-18(16(3)13-19)14-20-22(25(5,6)7)27-29-23(20)26-21(15-31-8)17(4)24(29)30/h11-14H,9-10,15H2,1-8H3/b20-14-. The third kappa shape index (κ3) is 4.35. The number of aryl methyl sites for hydroxylation is 1. The van der Waals surface area contributed by atoms with Gasteiger partial charge in [-0.1, -0.05) is 26.8 Å². The lowest BCUT2D eigenvalue weighted by Crippen LogP contribution is -2.23. The predicted molar refractivity (Wildman–Crippen MR) is 127 cm³/mol. The molecule has 166 valence electrons. The lowest BCUT2D eigenvalue weighted by Gasteiger charge is -2.22. The molecule has 0 saturated carbocycles. The van der Waals surface area contributed by atoms with Crippen LogP contribution in [0.4, 0.5) is 5.69 Å². The molecule has 31 heavy (non-hydrogen) atoms. The van der Waals surface area contributed by atoms with Gasteiger partial charge < -0.3 is 9.64 Å². The van der Waals surface area contributed by atoms with Crippen molar-refractivity contribution in [2.45, 2.75) is 60.5 Å². The van der Waals surface area contributed by atoms with Crippen molar-refractivity contribution in [1.29, 1.82) is 0 Å². The van der Waals surface area contributed by atoms with Gasteiger partial charge in [-0.25, -0.2) is 4.98 Å². The van der Waals surface area contributed by atoms with Crippen LogP contribution in [0.2, 0.25) is 0 Å². The number of hydrogen-bond acceptors (Lipinski definition) is 5. The maximum Gasteiger partial charge on any atom is 0.277 e. The molecule has 0 radical (unpaired) electrons. The van der Waals surface area contributed by atoms with Crippen molar-refractivity contribution >= 4 is 17.4 Å². The zero-order valence-electron chi connectivity index (χ0n) is 20.0. The first-order chi connectivity index (χ1) is 14.6. The van der Waals surface area contributed by atoms with Gasteiger partial charge in [-0.15, -0.1) is 0 Å². The zero-order valence-corrected chi connectivity index (χ0v) is 20.0. The van der Waals surface area contributed by atoms with E-state index < -0.39 is 0 Å². The van der Waals surface area contributed by atoms with E-state index in [4.69, 9.17) is 14.8 Å². The van der Waals surface area contributed by atoms with E-state index in [0.717, 1.165) is 29.6 Å². The Bertz CT molecular complexity index is 1200. The highest BCUT2D eigenvalue weighted by molar-refractivity contribution is 5.64. The summed E-state index contributed by atoms with van der Waals surface area (Å²) in [6.07, 6.45) is 2.11. The van der Waals surface area contributed by atoms with Gasteiger partial charge in [-0.05, 0) is 57.0 Å². The van der Waals surface area contributed by atoms with Crippen molar-refractivity contribution in [2.24, 2.45) is 0 Å². The molecule has 0 aliphatic heterocycles. The van der Waals surface area contributed by atoms with Crippen molar-refractivity contribution in [3.8, 4) is 0 Å². The van der Waals surface area contributed by atoms with Gasteiger partial charge in [0, 0.05) is 42.1 Å². The molecule has 0 saturated heterocycles. The molecule has 0 atom stereocenters. The van der Waals surface area contributed by atoms with E-state index in [1.807, 2.05) is 0 Å². The summed E-state index contributed by atoms with van der Waals surface area (Å²) in [6.45, 7) is 16.8. The number of rotatable bonds is 6. The fraction of sp³-hybridized carbons (Fsp3) is 0.480. The largest absolute Gasteiger partial charge is 0.378 e. The van der Waals surface area contributed by atoms with E-state index in [2.05, 4.69) is 70.7 Å². The molecule has 6 nitrogen and oxygen atoms in total. The number of ether oxygens (including phenoxy) is 1. The van der Waals surface area contributed by atoms with Crippen molar-refractivity contribution in [3.05, 3.63) is 61.8 Å². The fourth-order valence-electron chi connectivity index (χ4n) is 3.89. The van der Waals surface area contributed by atoms with Crippen LogP contribution >= 0.6 is 0 Å². The average Bonchev–Trinajstić information content (AvgIpc) is 3.08. The van der Waals surface area contributed by atoms with Crippen molar-refractivity contribution in [3.63, 3.8) is 0 Å². The van der Waals surface area contributed by atoms with Crippen molar-refractivity contribution in [2.75, 3.05) is 25.1 Å². The summed E-state index contributed by atoms with van der Waals surface area (Å²) < 4.78 is 6.72. The summed E-state index contributed by atoms with van der Waals surface area (Å²) in [5.74, 6) is 0. The van der Waals surface area contributed by atoms with Crippen LogP contribution in [0.5, 0.6) is 0 Å². The number of benzene rings is 1. The molecule has 2 heterocycles. The average molecular weight is 423 g/mol. The van der Waals surface area contributed by atoms with Crippen LogP contribution in [0.15, 0.2) is 23.0 Å². The summed E-state index contributed by atoms with van der Waals surface area (Å²) >= 11 is 0. The molecule has 0 spiro atoms. The van der Waals surface area contributed by atoms with Crippen LogP contribution in [0.3, 0.4) is 0 Å². The van der Waals surface area contributed by atoms with Crippen LogP contribution in [-0.2, 0) is 16.8 Å². The minimum atomic E-state index is -0.240. The quantitative estimate of drug-likeness (QED) is 0.608. The van der Waals surface area contributed by atoms with E-state index in [1.54, 1.807) is 14.0 Å². The van der Waals surface area contributed by atoms with Gasteiger partial charge in [0.1, 0.15) is 0 Å². The Morgan fingerprint density at radius 3 is 2.39 bits per heavy atom. The van der Waals surface area contributed by atoms with Crippen LogP contribution in [-0.4, -0.2) is 34.8 Å². The normalized spacial score (nSPS) is 12.7. The molecular formula is C25H34N4O2. The first-order valence-corrected chi connectivity index (χ1v) is 10.9. The third-order valence-corrected chi connectivity index (χ3v) is 5.76. The third-order valence-electron chi connectivity index (χ3n) is 5.76. The summed E-state index contributed by atoms with van der Waals surface area (Å²) in [4.78, 5) is 20.1. The monoisotopic (exact) mass is 422 g/mol. The molecule has 6 heteroatoms. The fourth-order valence-corrected chi connectivity index (χ4v) is 3.89. The molecular weight excluding hydrogens is 388 g/mol. The van der Waals surface area contributed by atoms with Crippen LogP contribution < -0.4 is 15.7 Å². The molecule has 3 aromatic rings. The maximum atomic E-state index is 13.0. The number of methoxy groups -OCH3 is 1. The number of aromatic nitrogens is 3. The molecule has 0 aliphatic carbocycles. The summed E-state index contributed by atoms with van der Waals surface area (Å²) in [5.41, 5.74) is 5.78. The molecule has 2 aromatic heterocycles. The Hall–Kier alpha value is -2.73. The molecule has 3 rings (SSSR count). The Morgan fingerprint density at radius 2 is 1.84 bits per heavy atom. The van der Waals surface area contributed by atoms with Crippen LogP contribution in [0.1, 0.15) is 62.7 Å².